The lowest BCUT2D eigenvalue weighted by molar-refractivity contribution is -0.140. The highest BCUT2D eigenvalue weighted by Gasteiger charge is 2.46. The van der Waals surface area contributed by atoms with Crippen molar-refractivity contribution in [3.05, 3.63) is 76.7 Å². The van der Waals surface area contributed by atoms with Gasteiger partial charge in [-0.15, -0.1) is 0 Å². The molecule has 9 nitrogen and oxygen atoms in total. The van der Waals surface area contributed by atoms with Crippen LogP contribution in [-0.2, 0) is 14.3 Å². The summed E-state index contributed by atoms with van der Waals surface area (Å²) < 4.78 is 6.49. The number of ketones is 1. The molecule has 0 unspecified atom stereocenters. The fourth-order valence-electron chi connectivity index (χ4n) is 4.69. The fraction of sp³-hybridized carbons (Fsp3) is 0.333. The molecule has 36 heavy (non-hydrogen) atoms. The van der Waals surface area contributed by atoms with E-state index in [-0.39, 0.29) is 11.3 Å². The molecule has 1 aromatic carbocycles. The molecule has 2 aromatic heterocycles. The standard InChI is InChI=1S/C27H30N4O5/c1-5-29(6-2)15-16-31-23(18-10-12-19(13-11-18)27(35)36-4)21(25(33)26(31)34)24(32)22-17(3)28-20-9-7-8-14-30(20)22/h7-14,23,32H,5-6,15-16H2,1-4H3/t23-/m0/s1. The minimum absolute atomic E-state index is 0.000817. The number of nitrogens with zero attached hydrogens (tertiary/aromatic N) is 4. The zero-order chi connectivity index (χ0) is 26.0. The number of aryl methyl sites for hydroxylation is 1. The predicted molar refractivity (Wildman–Crippen MR) is 135 cm³/mol. The zero-order valence-corrected chi connectivity index (χ0v) is 20.9. The van der Waals surface area contributed by atoms with Gasteiger partial charge in [0.2, 0.25) is 0 Å². The number of esters is 1. The first-order chi connectivity index (χ1) is 17.3. The van der Waals surface area contributed by atoms with Crippen LogP contribution in [0.1, 0.15) is 47.2 Å². The summed E-state index contributed by atoms with van der Waals surface area (Å²) in [7, 11) is 1.30. The number of rotatable bonds is 8. The van der Waals surface area contributed by atoms with Crippen molar-refractivity contribution in [3.63, 3.8) is 0 Å². The number of pyridine rings is 1. The summed E-state index contributed by atoms with van der Waals surface area (Å²) in [5.74, 6) is -2.19. The van der Waals surface area contributed by atoms with E-state index in [1.165, 1.54) is 12.0 Å². The molecule has 0 bridgehead atoms. The van der Waals surface area contributed by atoms with Crippen LogP contribution >= 0.6 is 0 Å². The van der Waals surface area contributed by atoms with Gasteiger partial charge in [0.05, 0.1) is 30.0 Å². The number of likely N-dealkylation sites (N-methyl/N-ethyl adjacent to an activating group) is 1. The molecule has 1 atom stereocenters. The molecular weight excluding hydrogens is 460 g/mol. The molecule has 1 saturated heterocycles. The first-order valence-corrected chi connectivity index (χ1v) is 11.9. The monoisotopic (exact) mass is 490 g/mol. The van der Waals surface area contributed by atoms with E-state index in [1.54, 1.807) is 53.9 Å². The van der Waals surface area contributed by atoms with Crippen LogP contribution in [-0.4, -0.2) is 75.2 Å². The topological polar surface area (TPSA) is 104 Å². The summed E-state index contributed by atoms with van der Waals surface area (Å²) in [6, 6.07) is 11.2. The number of aromatic nitrogens is 2. The number of likely N-dealkylation sites (tertiary alicyclic amines) is 1. The normalized spacial score (nSPS) is 17.4. The summed E-state index contributed by atoms with van der Waals surface area (Å²) >= 11 is 0. The number of hydrogen-bond acceptors (Lipinski definition) is 7. The summed E-state index contributed by atoms with van der Waals surface area (Å²) in [6.07, 6.45) is 1.75. The molecule has 1 aliphatic heterocycles. The summed E-state index contributed by atoms with van der Waals surface area (Å²) in [4.78, 5) is 46.7. The van der Waals surface area contributed by atoms with Gasteiger partial charge < -0.3 is 19.6 Å². The number of carbonyl (C=O) groups excluding carboxylic acids is 3. The van der Waals surface area contributed by atoms with Crippen molar-refractivity contribution >= 4 is 29.1 Å². The molecule has 9 heteroatoms. The number of methoxy groups -OCH3 is 1. The molecule has 188 valence electrons. The number of hydrogen-bond donors (Lipinski definition) is 1. The first-order valence-electron chi connectivity index (χ1n) is 11.9. The van der Waals surface area contributed by atoms with Crippen molar-refractivity contribution in [1.29, 1.82) is 0 Å². The molecule has 3 heterocycles. The van der Waals surface area contributed by atoms with Crippen molar-refractivity contribution in [2.45, 2.75) is 26.8 Å². The number of Topliss-reactive ketones (excluding diaryl/α,β-unsaturated/α-hetero) is 1. The number of benzene rings is 1. The number of amides is 1. The number of aliphatic hydroxyl groups excluding tert-OH is 1. The van der Waals surface area contributed by atoms with Crippen molar-refractivity contribution in [1.82, 2.24) is 19.2 Å². The molecule has 0 aliphatic carbocycles. The molecule has 1 aliphatic rings. The maximum absolute atomic E-state index is 13.4. The van der Waals surface area contributed by atoms with Crippen LogP contribution in [0.4, 0.5) is 0 Å². The Balaban J connectivity index is 1.86. The van der Waals surface area contributed by atoms with Gasteiger partial charge in [0.15, 0.2) is 5.76 Å². The lowest BCUT2D eigenvalue weighted by Crippen LogP contribution is -2.38. The lowest BCUT2D eigenvalue weighted by atomic mass is 9.95. The molecule has 0 saturated carbocycles. The minimum atomic E-state index is -0.819. The average molecular weight is 491 g/mol. The Morgan fingerprint density at radius 1 is 1.11 bits per heavy atom. The molecule has 1 amide bonds. The highest BCUT2D eigenvalue weighted by Crippen LogP contribution is 2.40. The van der Waals surface area contributed by atoms with E-state index in [0.29, 0.717) is 41.3 Å². The van der Waals surface area contributed by atoms with E-state index in [4.69, 9.17) is 4.74 Å². The smallest absolute Gasteiger partial charge is 0.337 e. The Morgan fingerprint density at radius 3 is 2.44 bits per heavy atom. The Morgan fingerprint density at radius 2 is 1.81 bits per heavy atom. The maximum atomic E-state index is 13.4. The number of imidazole rings is 1. The molecule has 1 fully saturated rings. The summed E-state index contributed by atoms with van der Waals surface area (Å²) in [6.45, 7) is 8.31. The van der Waals surface area contributed by atoms with Crippen molar-refractivity contribution in [2.75, 3.05) is 33.3 Å². The molecule has 1 N–H and O–H groups in total. The van der Waals surface area contributed by atoms with Gasteiger partial charge in [0.1, 0.15) is 11.3 Å². The van der Waals surface area contributed by atoms with Crippen LogP contribution in [0.5, 0.6) is 0 Å². The largest absolute Gasteiger partial charge is 0.505 e. The third-order valence-electron chi connectivity index (χ3n) is 6.67. The van der Waals surface area contributed by atoms with Gasteiger partial charge in [0, 0.05) is 19.3 Å². The molecule has 3 aromatic rings. The van der Waals surface area contributed by atoms with Crippen LogP contribution in [0.2, 0.25) is 0 Å². The van der Waals surface area contributed by atoms with Gasteiger partial charge in [-0.25, -0.2) is 9.78 Å². The second-order valence-electron chi connectivity index (χ2n) is 8.61. The first kappa shape index (κ1) is 25.1. The van der Waals surface area contributed by atoms with E-state index in [2.05, 4.69) is 9.88 Å². The van der Waals surface area contributed by atoms with Crippen LogP contribution in [0, 0.1) is 6.92 Å². The van der Waals surface area contributed by atoms with E-state index in [1.807, 2.05) is 19.9 Å². The Labute approximate surface area is 209 Å². The van der Waals surface area contributed by atoms with E-state index in [9.17, 15) is 19.5 Å². The third-order valence-corrected chi connectivity index (χ3v) is 6.67. The van der Waals surface area contributed by atoms with Crippen LogP contribution in [0.3, 0.4) is 0 Å². The van der Waals surface area contributed by atoms with Crippen molar-refractivity contribution in [2.24, 2.45) is 0 Å². The number of fused-ring (bicyclic) bond motifs is 1. The van der Waals surface area contributed by atoms with Gasteiger partial charge in [-0.2, -0.15) is 0 Å². The minimum Gasteiger partial charge on any atom is -0.505 e. The second kappa shape index (κ2) is 10.3. The Bertz CT molecular complexity index is 1340. The molecular formula is C27H30N4O5. The number of carbonyl (C=O) groups is 3. The maximum Gasteiger partial charge on any atom is 0.337 e. The van der Waals surface area contributed by atoms with Crippen LogP contribution in [0.15, 0.2) is 54.2 Å². The van der Waals surface area contributed by atoms with Gasteiger partial charge in [0.25, 0.3) is 11.7 Å². The molecule has 0 spiro atoms. The Kier molecular flexibility index (Phi) is 7.21. The lowest BCUT2D eigenvalue weighted by Gasteiger charge is -2.28. The highest BCUT2D eigenvalue weighted by molar-refractivity contribution is 6.46. The van der Waals surface area contributed by atoms with E-state index in [0.717, 1.165) is 13.1 Å². The predicted octanol–water partition coefficient (Wildman–Crippen LogP) is 3.19. The SMILES string of the molecule is CCN(CC)CCN1C(=O)C(=O)C(=C(O)c2c(C)nc3ccccn23)[C@@H]1c1ccc(C(=O)OC)cc1. The van der Waals surface area contributed by atoms with Gasteiger partial charge >= 0.3 is 5.97 Å². The molecule has 4 rings (SSSR count). The Hall–Kier alpha value is -3.98. The van der Waals surface area contributed by atoms with E-state index >= 15 is 0 Å². The average Bonchev–Trinajstić information content (AvgIpc) is 3.36. The van der Waals surface area contributed by atoms with Crippen LogP contribution < -0.4 is 0 Å². The van der Waals surface area contributed by atoms with Gasteiger partial charge in [-0.3, -0.25) is 14.0 Å². The second-order valence-corrected chi connectivity index (χ2v) is 8.61. The summed E-state index contributed by atoms with van der Waals surface area (Å²) in [5.41, 5.74) is 2.47. The van der Waals surface area contributed by atoms with Crippen molar-refractivity contribution < 1.29 is 24.2 Å². The highest BCUT2D eigenvalue weighted by atomic mass is 16.5. The van der Waals surface area contributed by atoms with Crippen LogP contribution in [0.25, 0.3) is 11.4 Å². The fourth-order valence-corrected chi connectivity index (χ4v) is 4.69. The third kappa shape index (κ3) is 4.37. The molecule has 0 radical (unpaired) electrons. The number of ether oxygens (including phenoxy) is 1. The van der Waals surface area contributed by atoms with Gasteiger partial charge in [-0.1, -0.05) is 32.0 Å². The zero-order valence-electron chi connectivity index (χ0n) is 20.9. The van der Waals surface area contributed by atoms with E-state index < -0.39 is 23.7 Å². The van der Waals surface area contributed by atoms with Gasteiger partial charge in [-0.05, 0) is 49.8 Å². The number of aliphatic hydroxyl groups is 1. The summed E-state index contributed by atoms with van der Waals surface area (Å²) in [5, 5.41) is 11.5. The van der Waals surface area contributed by atoms with Crippen molar-refractivity contribution in [3.8, 4) is 0 Å². The quantitative estimate of drug-likeness (QED) is 0.224.